The molecule has 0 heterocycles. The summed E-state index contributed by atoms with van der Waals surface area (Å²) >= 11 is 0. The minimum absolute atomic E-state index is 0. The molecule has 0 rings (SSSR count). The summed E-state index contributed by atoms with van der Waals surface area (Å²) in [4.78, 5) is 0. The summed E-state index contributed by atoms with van der Waals surface area (Å²) in [7, 11) is -4.67. The quantitative estimate of drug-likeness (QED) is 0.448. The Morgan fingerprint density at radius 2 is 1.00 bits per heavy atom. The van der Waals surface area contributed by atoms with Crippen LogP contribution in [0.5, 0.6) is 0 Å². The van der Waals surface area contributed by atoms with Crippen LogP contribution in [0, 0.1) is 0 Å². The van der Waals surface area contributed by atoms with Crippen LogP contribution in [0.1, 0.15) is 0 Å². The maximum Gasteiger partial charge on any atom is 0.394 e. The van der Waals surface area contributed by atoms with Crippen molar-refractivity contribution < 1.29 is 38.6 Å². The Morgan fingerprint density at radius 3 is 1.00 bits per heavy atom. The van der Waals surface area contributed by atoms with Crippen LogP contribution in [0.4, 0.5) is 0 Å². The molecule has 8 heavy (non-hydrogen) atoms. The molecule has 0 bridgehead atoms. The van der Waals surface area contributed by atoms with E-state index < -0.39 is 10.4 Å². The van der Waals surface area contributed by atoms with Gasteiger partial charge in [-0.25, -0.2) is 0 Å². The van der Waals surface area contributed by atoms with E-state index in [0.29, 0.717) is 0 Å². The monoisotopic (exact) mass is 327 g/mol. The van der Waals surface area contributed by atoms with E-state index in [4.69, 9.17) is 17.5 Å². The zero-order valence-corrected chi connectivity index (χ0v) is 6.94. The SMILES string of the molecule is N.N.O=S(=O)(O)O.[Pt]. The van der Waals surface area contributed by atoms with Crippen molar-refractivity contribution in [2.24, 2.45) is 0 Å². The zero-order chi connectivity index (χ0) is 4.50. The topological polar surface area (TPSA) is 145 Å². The van der Waals surface area contributed by atoms with Crippen molar-refractivity contribution >= 4 is 10.4 Å². The van der Waals surface area contributed by atoms with Crippen molar-refractivity contribution in [2.75, 3.05) is 0 Å². The van der Waals surface area contributed by atoms with E-state index in [2.05, 4.69) is 0 Å². The van der Waals surface area contributed by atoms with Gasteiger partial charge < -0.3 is 12.3 Å². The molecule has 8 heteroatoms. The first-order valence-electron chi connectivity index (χ1n) is 0.698. The molecule has 0 unspecified atom stereocenters. The molecule has 0 aromatic carbocycles. The predicted octanol–water partition coefficient (Wildman–Crippen LogP) is -0.331. The Balaban J connectivity index is -0.0000000267. The van der Waals surface area contributed by atoms with Crippen LogP contribution < -0.4 is 12.3 Å². The standard InChI is InChI=1S/2H3N.H2O4S.Pt/c;;1-5(2,3)4;/h2*1H3;(H2,1,2,3,4);. The largest absolute Gasteiger partial charge is 0.394 e. The van der Waals surface area contributed by atoms with Crippen LogP contribution in [0.15, 0.2) is 0 Å². The Hall–Kier alpha value is 0.478. The van der Waals surface area contributed by atoms with Gasteiger partial charge in [-0.05, 0) is 0 Å². The van der Waals surface area contributed by atoms with Gasteiger partial charge in [-0.2, -0.15) is 8.42 Å². The van der Waals surface area contributed by atoms with Crippen molar-refractivity contribution in [2.45, 2.75) is 0 Å². The summed E-state index contributed by atoms with van der Waals surface area (Å²) in [5, 5.41) is 0. The molecule has 0 aliphatic rings. The molecule has 0 spiro atoms. The fraction of sp³-hybridized carbons (Fsp3) is 0. The van der Waals surface area contributed by atoms with Crippen molar-refractivity contribution in [3.8, 4) is 0 Å². The molecule has 0 aromatic heterocycles. The van der Waals surface area contributed by atoms with Gasteiger partial charge in [-0.1, -0.05) is 0 Å². The first kappa shape index (κ1) is 23.6. The fourth-order valence-corrected chi connectivity index (χ4v) is 0. The molecular formula is H8N2O4PtS. The Labute approximate surface area is 61.7 Å². The predicted molar refractivity (Wildman–Crippen MR) is 24.2 cm³/mol. The summed E-state index contributed by atoms with van der Waals surface area (Å²) in [6.07, 6.45) is 0. The van der Waals surface area contributed by atoms with Crippen molar-refractivity contribution in [3.05, 3.63) is 0 Å². The fourth-order valence-electron chi connectivity index (χ4n) is 0. The first-order valence-corrected chi connectivity index (χ1v) is 2.10. The molecule has 0 atom stereocenters. The van der Waals surface area contributed by atoms with Gasteiger partial charge in [0.1, 0.15) is 0 Å². The second kappa shape index (κ2) is 7.48. The average molecular weight is 327 g/mol. The second-order valence-electron chi connectivity index (χ2n) is 0.448. The van der Waals surface area contributed by atoms with Gasteiger partial charge in [0.25, 0.3) is 0 Å². The summed E-state index contributed by atoms with van der Waals surface area (Å²) < 4.78 is 31.6. The molecule has 6 nitrogen and oxygen atoms in total. The van der Waals surface area contributed by atoms with E-state index >= 15 is 0 Å². The minimum Gasteiger partial charge on any atom is -0.344 e. The average Bonchev–Trinajstić information content (AvgIpc) is 0.722. The van der Waals surface area contributed by atoms with E-state index in [1.807, 2.05) is 0 Å². The van der Waals surface area contributed by atoms with E-state index in [1.54, 1.807) is 0 Å². The van der Waals surface area contributed by atoms with E-state index in [-0.39, 0.29) is 33.4 Å². The number of hydrogen-bond donors (Lipinski definition) is 4. The van der Waals surface area contributed by atoms with Gasteiger partial charge in [0.15, 0.2) is 0 Å². The molecule has 8 N–H and O–H groups in total. The minimum atomic E-state index is -4.67. The number of rotatable bonds is 0. The molecular weight excluding hydrogens is 319 g/mol. The second-order valence-corrected chi connectivity index (χ2v) is 1.34. The third-order valence-corrected chi connectivity index (χ3v) is 0. The van der Waals surface area contributed by atoms with E-state index in [9.17, 15) is 0 Å². The zero-order valence-electron chi connectivity index (χ0n) is 3.85. The van der Waals surface area contributed by atoms with Gasteiger partial charge in [0.05, 0.1) is 0 Å². The normalized spacial score (nSPS) is 7.25. The number of hydrogen-bond acceptors (Lipinski definition) is 4. The van der Waals surface area contributed by atoms with Gasteiger partial charge in [-0.15, -0.1) is 0 Å². The third kappa shape index (κ3) is 850. The molecule has 0 aliphatic carbocycles. The Bertz CT molecular complexity index is 97.2. The van der Waals surface area contributed by atoms with Gasteiger partial charge in [-0.3, -0.25) is 9.11 Å². The van der Waals surface area contributed by atoms with Gasteiger partial charge in [0.2, 0.25) is 0 Å². The van der Waals surface area contributed by atoms with Crippen molar-refractivity contribution in [1.29, 1.82) is 0 Å². The molecule has 0 radical (unpaired) electrons. The maximum absolute atomic E-state index is 8.74. The first-order chi connectivity index (χ1) is 2.00. The molecule has 0 amide bonds. The van der Waals surface area contributed by atoms with E-state index in [0.717, 1.165) is 0 Å². The summed E-state index contributed by atoms with van der Waals surface area (Å²) in [5.41, 5.74) is 0. The van der Waals surface area contributed by atoms with Crippen LogP contribution in [-0.4, -0.2) is 17.5 Å². The van der Waals surface area contributed by atoms with Crippen LogP contribution in [0.3, 0.4) is 0 Å². The molecule has 0 aliphatic heterocycles. The molecule has 0 aromatic rings. The van der Waals surface area contributed by atoms with Crippen molar-refractivity contribution in [3.63, 3.8) is 0 Å². The van der Waals surface area contributed by atoms with E-state index in [1.165, 1.54) is 0 Å². The van der Waals surface area contributed by atoms with Crippen LogP contribution in [0.25, 0.3) is 0 Å². The van der Waals surface area contributed by atoms with Crippen molar-refractivity contribution in [1.82, 2.24) is 12.3 Å². The summed E-state index contributed by atoms with van der Waals surface area (Å²) in [5.74, 6) is 0. The molecule has 0 fully saturated rings. The van der Waals surface area contributed by atoms with Crippen LogP contribution in [-0.2, 0) is 31.5 Å². The summed E-state index contributed by atoms with van der Waals surface area (Å²) in [6.45, 7) is 0. The van der Waals surface area contributed by atoms with Crippen LogP contribution in [0.2, 0.25) is 0 Å². The molecule has 0 saturated heterocycles. The van der Waals surface area contributed by atoms with Crippen LogP contribution >= 0.6 is 0 Å². The Morgan fingerprint density at radius 1 is 1.00 bits per heavy atom. The maximum atomic E-state index is 8.74. The molecule has 0 saturated carbocycles. The molecule has 58 valence electrons. The summed E-state index contributed by atoms with van der Waals surface area (Å²) in [6, 6.07) is 0. The third-order valence-electron chi connectivity index (χ3n) is 0. The smallest absolute Gasteiger partial charge is 0.344 e. The van der Waals surface area contributed by atoms with Gasteiger partial charge >= 0.3 is 10.4 Å². The van der Waals surface area contributed by atoms with Gasteiger partial charge in [0, 0.05) is 21.1 Å². The Kier molecular flexibility index (Phi) is 22.1.